The van der Waals surface area contributed by atoms with Crippen molar-refractivity contribution >= 4 is 11.9 Å². The zero-order valence-corrected chi connectivity index (χ0v) is 11.8. The molecule has 0 aromatic rings. The van der Waals surface area contributed by atoms with Crippen molar-refractivity contribution in [1.82, 2.24) is 15.1 Å². The molecule has 0 spiro atoms. The molecule has 1 fully saturated rings. The normalized spacial score (nSPS) is 17.4. The predicted octanol–water partition coefficient (Wildman–Crippen LogP) is -0.379. The molecule has 1 aliphatic rings. The molecule has 0 aromatic heterocycles. The van der Waals surface area contributed by atoms with Crippen LogP contribution < -0.4 is 5.32 Å². The molecule has 0 radical (unpaired) electrons. The number of nitrogens with zero attached hydrogens (tertiary/aromatic N) is 3. The maximum atomic E-state index is 12.2. The number of rotatable bonds is 5. The molecule has 7 heteroatoms. The van der Waals surface area contributed by atoms with Crippen molar-refractivity contribution < 1.29 is 14.7 Å². The van der Waals surface area contributed by atoms with Gasteiger partial charge in [0.15, 0.2) is 0 Å². The first kappa shape index (κ1) is 16.0. The molecule has 7 nitrogen and oxygen atoms in total. The van der Waals surface area contributed by atoms with Crippen LogP contribution in [0.3, 0.4) is 0 Å². The molecule has 1 heterocycles. The van der Waals surface area contributed by atoms with Crippen LogP contribution in [-0.4, -0.2) is 66.6 Å². The van der Waals surface area contributed by atoms with Crippen molar-refractivity contribution in [2.45, 2.75) is 18.9 Å². The van der Waals surface area contributed by atoms with Crippen molar-refractivity contribution in [1.29, 1.82) is 5.26 Å². The number of carboxylic acid groups (broad SMARTS) is 1. The van der Waals surface area contributed by atoms with Crippen LogP contribution in [0.15, 0.2) is 11.8 Å². The standard InChI is InChI=1S/C13H20N4O3/c1-16-5-3-11(4-6-16)17(2)13(20)10(7-14)8-15-9-12(18)19/h8,11,15H,3-6,9H2,1-2H3,(H,18,19)/b10-8-. The van der Waals surface area contributed by atoms with Gasteiger partial charge in [0.25, 0.3) is 5.91 Å². The molecule has 0 aliphatic carbocycles. The largest absolute Gasteiger partial charge is 0.480 e. The summed E-state index contributed by atoms with van der Waals surface area (Å²) in [5, 5.41) is 19.9. The Morgan fingerprint density at radius 2 is 2.10 bits per heavy atom. The highest BCUT2D eigenvalue weighted by Crippen LogP contribution is 2.15. The van der Waals surface area contributed by atoms with Crippen molar-refractivity contribution in [2.75, 3.05) is 33.7 Å². The van der Waals surface area contributed by atoms with Crippen LogP contribution >= 0.6 is 0 Å². The molecule has 0 aromatic carbocycles. The maximum absolute atomic E-state index is 12.2. The number of carbonyl (C=O) groups excluding carboxylic acids is 1. The Kier molecular flexibility index (Phi) is 6.00. The predicted molar refractivity (Wildman–Crippen MR) is 72.6 cm³/mol. The third kappa shape index (κ3) is 4.55. The van der Waals surface area contributed by atoms with Gasteiger partial charge < -0.3 is 20.2 Å². The minimum atomic E-state index is -1.05. The van der Waals surface area contributed by atoms with Gasteiger partial charge in [-0.05, 0) is 33.0 Å². The van der Waals surface area contributed by atoms with Gasteiger partial charge in [0.2, 0.25) is 0 Å². The van der Waals surface area contributed by atoms with Crippen LogP contribution in [0.5, 0.6) is 0 Å². The van der Waals surface area contributed by atoms with Crippen LogP contribution in [0.25, 0.3) is 0 Å². The number of hydrogen-bond donors (Lipinski definition) is 2. The topological polar surface area (TPSA) is 96.7 Å². The fourth-order valence-corrected chi connectivity index (χ4v) is 2.12. The highest BCUT2D eigenvalue weighted by molar-refractivity contribution is 5.97. The second kappa shape index (κ2) is 7.50. The molecule has 20 heavy (non-hydrogen) atoms. The van der Waals surface area contributed by atoms with E-state index in [1.165, 1.54) is 6.20 Å². The van der Waals surface area contributed by atoms with Gasteiger partial charge in [-0.3, -0.25) is 9.59 Å². The van der Waals surface area contributed by atoms with E-state index in [9.17, 15) is 9.59 Å². The van der Waals surface area contributed by atoms with Gasteiger partial charge in [0.05, 0.1) is 0 Å². The molecular weight excluding hydrogens is 260 g/mol. The quantitative estimate of drug-likeness (QED) is 0.526. The summed E-state index contributed by atoms with van der Waals surface area (Å²) in [4.78, 5) is 26.3. The summed E-state index contributed by atoms with van der Waals surface area (Å²) < 4.78 is 0. The van der Waals surface area contributed by atoms with Gasteiger partial charge in [-0.2, -0.15) is 5.26 Å². The Bertz CT molecular complexity index is 433. The third-order valence-electron chi connectivity index (χ3n) is 3.41. The lowest BCUT2D eigenvalue weighted by molar-refractivity contribution is -0.135. The lowest BCUT2D eigenvalue weighted by Gasteiger charge is -2.34. The Morgan fingerprint density at radius 1 is 1.50 bits per heavy atom. The van der Waals surface area contributed by atoms with Gasteiger partial charge >= 0.3 is 5.97 Å². The molecule has 110 valence electrons. The fourth-order valence-electron chi connectivity index (χ4n) is 2.12. The molecule has 0 unspecified atom stereocenters. The molecule has 1 rings (SSSR count). The Balaban J connectivity index is 2.61. The van der Waals surface area contributed by atoms with Crippen molar-refractivity contribution in [3.8, 4) is 6.07 Å². The van der Waals surface area contributed by atoms with E-state index in [0.29, 0.717) is 0 Å². The first-order valence-electron chi connectivity index (χ1n) is 6.47. The second-order valence-corrected chi connectivity index (χ2v) is 4.89. The summed E-state index contributed by atoms with van der Waals surface area (Å²) in [5.74, 6) is -1.42. The highest BCUT2D eigenvalue weighted by atomic mass is 16.4. The molecule has 0 atom stereocenters. The van der Waals surface area contributed by atoms with Gasteiger partial charge in [0, 0.05) is 19.3 Å². The van der Waals surface area contributed by atoms with Gasteiger partial charge in [0.1, 0.15) is 18.2 Å². The average Bonchev–Trinajstić information content (AvgIpc) is 2.42. The zero-order chi connectivity index (χ0) is 15.1. The monoisotopic (exact) mass is 280 g/mol. The Hall–Kier alpha value is -2.07. The first-order chi connectivity index (χ1) is 9.45. The first-order valence-corrected chi connectivity index (χ1v) is 6.47. The zero-order valence-electron chi connectivity index (χ0n) is 11.8. The summed E-state index contributed by atoms with van der Waals surface area (Å²) >= 11 is 0. The highest BCUT2D eigenvalue weighted by Gasteiger charge is 2.25. The van der Waals surface area contributed by atoms with E-state index in [1.54, 1.807) is 11.9 Å². The molecule has 0 bridgehead atoms. The SMILES string of the molecule is CN1CCC(N(C)C(=O)/C(C#N)=C\NCC(=O)O)CC1. The lowest BCUT2D eigenvalue weighted by atomic mass is 10.0. The fraction of sp³-hybridized carbons (Fsp3) is 0.615. The second-order valence-electron chi connectivity index (χ2n) is 4.89. The third-order valence-corrected chi connectivity index (χ3v) is 3.41. The average molecular weight is 280 g/mol. The smallest absolute Gasteiger partial charge is 0.322 e. The molecule has 0 saturated carbocycles. The summed E-state index contributed by atoms with van der Waals surface area (Å²) in [6.45, 7) is 1.52. The van der Waals surface area contributed by atoms with E-state index in [4.69, 9.17) is 10.4 Å². The number of carboxylic acids is 1. The summed E-state index contributed by atoms with van der Waals surface area (Å²) in [6, 6.07) is 1.93. The van der Waals surface area contributed by atoms with Crippen LogP contribution in [0.4, 0.5) is 0 Å². The van der Waals surface area contributed by atoms with E-state index in [1.807, 2.05) is 13.1 Å². The van der Waals surface area contributed by atoms with E-state index < -0.39 is 5.97 Å². The number of nitriles is 1. The molecule has 2 N–H and O–H groups in total. The summed E-state index contributed by atoms with van der Waals surface area (Å²) in [7, 11) is 3.72. The number of likely N-dealkylation sites (tertiary alicyclic amines) is 1. The Labute approximate surface area is 118 Å². The number of amides is 1. The maximum Gasteiger partial charge on any atom is 0.322 e. The van der Waals surface area contributed by atoms with E-state index in [2.05, 4.69) is 10.2 Å². The van der Waals surface area contributed by atoms with Crippen LogP contribution in [0, 0.1) is 11.3 Å². The van der Waals surface area contributed by atoms with Crippen LogP contribution in [0.1, 0.15) is 12.8 Å². The minimum Gasteiger partial charge on any atom is -0.480 e. The summed E-state index contributed by atoms with van der Waals surface area (Å²) in [5.41, 5.74) is -0.0762. The minimum absolute atomic E-state index is 0.0762. The number of likely N-dealkylation sites (N-methyl/N-ethyl adjacent to an activating group) is 1. The van der Waals surface area contributed by atoms with Crippen LogP contribution in [-0.2, 0) is 9.59 Å². The van der Waals surface area contributed by atoms with Crippen LogP contribution in [0.2, 0.25) is 0 Å². The van der Waals surface area contributed by atoms with Gasteiger partial charge in [-0.15, -0.1) is 0 Å². The van der Waals surface area contributed by atoms with Gasteiger partial charge in [-0.25, -0.2) is 0 Å². The lowest BCUT2D eigenvalue weighted by Crippen LogP contribution is -2.45. The molecule has 1 aliphatic heterocycles. The Morgan fingerprint density at radius 3 is 2.60 bits per heavy atom. The number of nitrogens with one attached hydrogen (secondary N) is 1. The van der Waals surface area contributed by atoms with E-state index in [0.717, 1.165) is 25.9 Å². The summed E-state index contributed by atoms with van der Waals surface area (Å²) in [6.07, 6.45) is 2.92. The van der Waals surface area contributed by atoms with Crippen molar-refractivity contribution in [2.24, 2.45) is 0 Å². The van der Waals surface area contributed by atoms with Gasteiger partial charge in [-0.1, -0.05) is 0 Å². The van der Waals surface area contributed by atoms with Crippen molar-refractivity contribution in [3.63, 3.8) is 0 Å². The number of aliphatic carboxylic acids is 1. The van der Waals surface area contributed by atoms with E-state index in [-0.39, 0.29) is 24.1 Å². The van der Waals surface area contributed by atoms with Crippen molar-refractivity contribution in [3.05, 3.63) is 11.8 Å². The number of carbonyl (C=O) groups is 2. The number of hydrogen-bond acceptors (Lipinski definition) is 5. The number of piperidine rings is 1. The molecule has 1 amide bonds. The van der Waals surface area contributed by atoms with E-state index >= 15 is 0 Å². The molecular formula is C13H20N4O3. The molecule has 1 saturated heterocycles.